The first-order chi connectivity index (χ1) is 11.6. The molecule has 1 amide bonds. The van der Waals surface area contributed by atoms with Gasteiger partial charge in [0.2, 0.25) is 0 Å². The van der Waals surface area contributed by atoms with Gasteiger partial charge in [0.1, 0.15) is 0 Å². The summed E-state index contributed by atoms with van der Waals surface area (Å²) in [4.78, 5) is 34.8. The number of nitrogens with one attached hydrogen (secondary N) is 1. The van der Waals surface area contributed by atoms with Crippen LogP contribution in [0.1, 0.15) is 43.6 Å². The minimum atomic E-state index is -1.15. The summed E-state index contributed by atoms with van der Waals surface area (Å²) in [5.74, 6) is -2.21. The van der Waals surface area contributed by atoms with E-state index >= 15 is 0 Å². The van der Waals surface area contributed by atoms with Crippen molar-refractivity contribution in [3.8, 4) is 0 Å². The van der Waals surface area contributed by atoms with Gasteiger partial charge in [-0.2, -0.15) is 0 Å². The van der Waals surface area contributed by atoms with Crippen LogP contribution in [0.15, 0.2) is 18.2 Å². The average molecular weight is 372 g/mol. The number of esters is 1. The van der Waals surface area contributed by atoms with Crippen LogP contribution in [0.5, 0.6) is 0 Å². The molecule has 1 aromatic carbocycles. The van der Waals surface area contributed by atoms with E-state index in [0.29, 0.717) is 5.56 Å². The van der Waals surface area contributed by atoms with E-state index in [1.807, 2.05) is 0 Å². The number of aromatic carboxylic acids is 1. The van der Waals surface area contributed by atoms with Crippen LogP contribution in [0, 0.1) is 11.8 Å². The van der Waals surface area contributed by atoms with E-state index in [0.717, 1.165) is 0 Å². The van der Waals surface area contributed by atoms with Crippen molar-refractivity contribution < 1.29 is 29.0 Å². The highest BCUT2D eigenvalue weighted by Gasteiger charge is 2.24. The first kappa shape index (κ1) is 20.8. The third-order valence-corrected chi connectivity index (χ3v) is 3.43. The molecule has 0 unspecified atom stereocenters. The largest absolute Gasteiger partial charge is 0.478 e. The Morgan fingerprint density at radius 2 is 1.80 bits per heavy atom. The van der Waals surface area contributed by atoms with Crippen molar-refractivity contribution in [1.82, 2.24) is 5.32 Å². The first-order valence-corrected chi connectivity index (χ1v) is 8.16. The number of ether oxygens (including phenoxy) is 2. The van der Waals surface area contributed by atoms with Gasteiger partial charge in [-0.3, -0.25) is 4.79 Å². The quantitative estimate of drug-likeness (QED) is 0.562. The maximum atomic E-state index is 11.9. The van der Waals surface area contributed by atoms with Crippen molar-refractivity contribution in [3.05, 3.63) is 34.3 Å². The molecule has 25 heavy (non-hydrogen) atoms. The first-order valence-electron chi connectivity index (χ1n) is 7.78. The van der Waals surface area contributed by atoms with Crippen molar-refractivity contribution >= 4 is 29.6 Å². The second kappa shape index (κ2) is 9.27. The summed E-state index contributed by atoms with van der Waals surface area (Å²) in [6.45, 7) is 6.77. The number of rotatable bonds is 7. The second-order valence-electron chi connectivity index (χ2n) is 6.07. The molecule has 0 spiro atoms. The van der Waals surface area contributed by atoms with Gasteiger partial charge < -0.3 is 19.9 Å². The number of amides is 1. The molecule has 138 valence electrons. The Morgan fingerprint density at radius 3 is 2.32 bits per heavy atom. The van der Waals surface area contributed by atoms with Crippen molar-refractivity contribution in [2.24, 2.45) is 11.8 Å². The van der Waals surface area contributed by atoms with Crippen LogP contribution >= 0.6 is 11.6 Å². The number of benzene rings is 1. The lowest BCUT2D eigenvalue weighted by atomic mass is 10.1. The zero-order valence-corrected chi connectivity index (χ0v) is 15.3. The molecule has 8 heteroatoms. The van der Waals surface area contributed by atoms with Crippen LogP contribution in [0.2, 0.25) is 5.02 Å². The van der Waals surface area contributed by atoms with E-state index in [4.69, 9.17) is 26.2 Å². The number of carboxylic acid groups (broad SMARTS) is 1. The van der Waals surface area contributed by atoms with Gasteiger partial charge in [0.05, 0.1) is 11.5 Å². The van der Waals surface area contributed by atoms with Crippen LogP contribution in [0.3, 0.4) is 0 Å². The van der Waals surface area contributed by atoms with E-state index in [9.17, 15) is 14.4 Å². The third kappa shape index (κ3) is 6.62. The lowest BCUT2D eigenvalue weighted by molar-refractivity contribution is -0.178. The molecule has 0 aliphatic carbocycles. The number of halogens is 1. The predicted molar refractivity (Wildman–Crippen MR) is 91.3 cm³/mol. The lowest BCUT2D eigenvalue weighted by Gasteiger charge is -2.22. The Kier molecular flexibility index (Phi) is 7.70. The molecule has 0 saturated carbocycles. The Balaban J connectivity index is 2.70. The van der Waals surface area contributed by atoms with E-state index in [1.165, 1.54) is 18.2 Å². The molecule has 0 radical (unpaired) electrons. The standard InChI is InChI=1S/C17H22ClNO6/c1-9(2)15(22)24-16(10(3)4)25-17(23)19-8-11-5-6-12(18)7-13(11)14(20)21/h5-7,9-10,16H,8H2,1-4H3,(H,19,23)(H,20,21)/t16-/m0/s1. The minimum absolute atomic E-state index is 0.0144. The number of hydrogen-bond donors (Lipinski definition) is 2. The summed E-state index contributed by atoms with van der Waals surface area (Å²) >= 11 is 5.78. The Morgan fingerprint density at radius 1 is 1.16 bits per heavy atom. The molecule has 0 aliphatic heterocycles. The molecule has 2 N–H and O–H groups in total. The maximum Gasteiger partial charge on any atom is 0.410 e. The minimum Gasteiger partial charge on any atom is -0.478 e. The summed E-state index contributed by atoms with van der Waals surface area (Å²) in [6.07, 6.45) is -1.85. The highest BCUT2D eigenvalue weighted by atomic mass is 35.5. The molecule has 0 bridgehead atoms. The average Bonchev–Trinajstić information content (AvgIpc) is 2.52. The molecule has 0 aliphatic rings. The van der Waals surface area contributed by atoms with Crippen molar-refractivity contribution in [1.29, 1.82) is 0 Å². The molecule has 0 saturated heterocycles. The van der Waals surface area contributed by atoms with Gasteiger partial charge >= 0.3 is 18.0 Å². The van der Waals surface area contributed by atoms with Crippen molar-refractivity contribution in [2.75, 3.05) is 0 Å². The topological polar surface area (TPSA) is 102 Å². The zero-order chi connectivity index (χ0) is 19.1. The van der Waals surface area contributed by atoms with E-state index < -0.39 is 24.3 Å². The third-order valence-electron chi connectivity index (χ3n) is 3.20. The highest BCUT2D eigenvalue weighted by molar-refractivity contribution is 6.30. The van der Waals surface area contributed by atoms with Gasteiger partial charge in [-0.1, -0.05) is 45.4 Å². The van der Waals surface area contributed by atoms with Crippen molar-refractivity contribution in [2.45, 2.75) is 40.5 Å². The van der Waals surface area contributed by atoms with E-state index in [2.05, 4.69) is 5.32 Å². The molecule has 7 nitrogen and oxygen atoms in total. The number of carbonyl (C=O) groups excluding carboxylic acids is 2. The smallest absolute Gasteiger partial charge is 0.410 e. The number of alkyl carbamates (subject to hydrolysis) is 1. The fraction of sp³-hybridized carbons (Fsp3) is 0.471. The molecule has 1 aromatic rings. The van der Waals surface area contributed by atoms with Crippen LogP contribution in [-0.2, 0) is 20.8 Å². The molecular weight excluding hydrogens is 350 g/mol. The zero-order valence-electron chi connectivity index (χ0n) is 14.5. The van der Waals surface area contributed by atoms with Gasteiger partial charge in [0.25, 0.3) is 6.29 Å². The monoisotopic (exact) mass is 371 g/mol. The Labute approximate surface area is 151 Å². The van der Waals surface area contributed by atoms with Gasteiger partial charge in [0, 0.05) is 17.5 Å². The van der Waals surface area contributed by atoms with Gasteiger partial charge in [-0.15, -0.1) is 0 Å². The molecule has 0 heterocycles. The molecule has 0 fully saturated rings. The molecule has 1 atom stereocenters. The van der Waals surface area contributed by atoms with Gasteiger partial charge in [-0.05, 0) is 17.7 Å². The highest BCUT2D eigenvalue weighted by Crippen LogP contribution is 2.17. The summed E-state index contributed by atoms with van der Waals surface area (Å²) in [6, 6.07) is 4.33. The van der Waals surface area contributed by atoms with Gasteiger partial charge in [0.15, 0.2) is 0 Å². The number of hydrogen-bond acceptors (Lipinski definition) is 5. The molecular formula is C17H22ClNO6. The SMILES string of the molecule is CC(C)C(=O)O[C@@H](OC(=O)NCc1ccc(Cl)cc1C(=O)O)C(C)C. The fourth-order valence-electron chi connectivity index (χ4n) is 1.76. The number of carboxylic acids is 1. The van der Waals surface area contributed by atoms with Crippen LogP contribution in [0.4, 0.5) is 4.79 Å². The van der Waals surface area contributed by atoms with Gasteiger partial charge in [-0.25, -0.2) is 9.59 Å². The lowest BCUT2D eigenvalue weighted by Crippen LogP contribution is -2.35. The van der Waals surface area contributed by atoms with Crippen LogP contribution < -0.4 is 5.32 Å². The Bertz CT molecular complexity index is 644. The molecule has 1 rings (SSSR count). The summed E-state index contributed by atoms with van der Waals surface area (Å²) in [5.41, 5.74) is 0.355. The predicted octanol–water partition coefficient (Wildman–Crippen LogP) is 3.45. The Hall–Kier alpha value is -2.28. The van der Waals surface area contributed by atoms with Crippen LogP contribution in [0.25, 0.3) is 0 Å². The normalized spacial score (nSPS) is 12.0. The summed E-state index contributed by atoms with van der Waals surface area (Å²) in [7, 11) is 0. The maximum absolute atomic E-state index is 11.9. The van der Waals surface area contributed by atoms with Crippen LogP contribution in [-0.4, -0.2) is 29.4 Å². The second-order valence-corrected chi connectivity index (χ2v) is 6.51. The van der Waals surface area contributed by atoms with Crippen molar-refractivity contribution in [3.63, 3.8) is 0 Å². The fourth-order valence-corrected chi connectivity index (χ4v) is 1.94. The molecule has 0 aromatic heterocycles. The summed E-state index contributed by atoms with van der Waals surface area (Å²) in [5, 5.41) is 11.9. The number of carbonyl (C=O) groups is 3. The summed E-state index contributed by atoms with van der Waals surface area (Å²) < 4.78 is 10.3. The van der Waals surface area contributed by atoms with E-state index in [-0.39, 0.29) is 29.0 Å². The van der Waals surface area contributed by atoms with E-state index in [1.54, 1.807) is 27.7 Å².